The molecule has 0 atom stereocenters. The maximum atomic E-state index is 12.6. The molecule has 0 rings (SSSR count). The molecule has 21 heavy (non-hydrogen) atoms. The standard InChI is InChI=1S/C17H32N2O2/c1-10-11-12-13-21-19(16(5,6)7)17(8,9)14(20)18-15(2,3)4/h10-12H,1,13H2,2-9H3,(H,18,20). The van der Waals surface area contributed by atoms with Gasteiger partial charge in [0.05, 0.1) is 6.61 Å². The van der Waals surface area contributed by atoms with Crippen LogP contribution in [0.4, 0.5) is 0 Å². The van der Waals surface area contributed by atoms with Crippen molar-refractivity contribution in [1.82, 2.24) is 10.4 Å². The lowest BCUT2D eigenvalue weighted by molar-refractivity contribution is -0.250. The van der Waals surface area contributed by atoms with Crippen LogP contribution in [0.2, 0.25) is 0 Å². The molecule has 0 aromatic heterocycles. The lowest BCUT2D eigenvalue weighted by Gasteiger charge is -2.45. The van der Waals surface area contributed by atoms with E-state index >= 15 is 0 Å². The Kier molecular flexibility index (Phi) is 6.84. The van der Waals surface area contributed by atoms with Gasteiger partial charge in [-0.3, -0.25) is 9.63 Å². The summed E-state index contributed by atoms with van der Waals surface area (Å²) in [6.45, 7) is 19.7. The Morgan fingerprint density at radius 2 is 1.67 bits per heavy atom. The molecule has 4 heteroatoms. The highest BCUT2D eigenvalue weighted by Gasteiger charge is 2.42. The highest BCUT2D eigenvalue weighted by atomic mass is 16.7. The van der Waals surface area contributed by atoms with Gasteiger partial charge in [-0.2, -0.15) is 5.06 Å². The number of carbonyl (C=O) groups excluding carboxylic acids is 1. The molecule has 0 spiro atoms. The van der Waals surface area contributed by atoms with Crippen LogP contribution in [0.3, 0.4) is 0 Å². The second-order valence-corrected chi connectivity index (χ2v) is 7.69. The Balaban J connectivity index is 5.16. The van der Waals surface area contributed by atoms with Gasteiger partial charge in [0.25, 0.3) is 0 Å². The molecule has 0 saturated heterocycles. The quantitative estimate of drug-likeness (QED) is 0.603. The fourth-order valence-corrected chi connectivity index (χ4v) is 2.05. The Labute approximate surface area is 130 Å². The number of hydrogen-bond donors (Lipinski definition) is 1. The molecule has 122 valence electrons. The van der Waals surface area contributed by atoms with Crippen LogP contribution in [-0.2, 0) is 9.63 Å². The fourth-order valence-electron chi connectivity index (χ4n) is 2.05. The maximum absolute atomic E-state index is 12.6. The van der Waals surface area contributed by atoms with Crippen molar-refractivity contribution in [3.05, 3.63) is 24.8 Å². The molecule has 0 bridgehead atoms. The topological polar surface area (TPSA) is 41.6 Å². The molecule has 0 aliphatic heterocycles. The molecule has 0 fully saturated rings. The van der Waals surface area contributed by atoms with Gasteiger partial charge in [-0.1, -0.05) is 24.8 Å². The first-order chi connectivity index (χ1) is 9.32. The second-order valence-electron chi connectivity index (χ2n) is 7.69. The van der Waals surface area contributed by atoms with Gasteiger partial charge in [-0.15, -0.1) is 0 Å². The van der Waals surface area contributed by atoms with Crippen LogP contribution >= 0.6 is 0 Å². The zero-order valence-corrected chi connectivity index (χ0v) is 14.9. The predicted octanol–water partition coefficient (Wildman–Crippen LogP) is 3.45. The molecule has 1 amide bonds. The number of rotatable bonds is 6. The van der Waals surface area contributed by atoms with Crippen LogP contribution in [0.5, 0.6) is 0 Å². The predicted molar refractivity (Wildman–Crippen MR) is 88.9 cm³/mol. The van der Waals surface area contributed by atoms with Gasteiger partial charge >= 0.3 is 0 Å². The summed E-state index contributed by atoms with van der Waals surface area (Å²) in [6, 6.07) is 0. The molecule has 0 aliphatic carbocycles. The van der Waals surface area contributed by atoms with E-state index in [0.29, 0.717) is 6.61 Å². The van der Waals surface area contributed by atoms with E-state index in [-0.39, 0.29) is 17.0 Å². The molecule has 0 radical (unpaired) electrons. The van der Waals surface area contributed by atoms with E-state index in [9.17, 15) is 4.79 Å². The first-order valence-corrected chi connectivity index (χ1v) is 7.36. The number of carbonyl (C=O) groups is 1. The van der Waals surface area contributed by atoms with Gasteiger partial charge in [0.1, 0.15) is 5.54 Å². The Hall–Kier alpha value is -1.13. The van der Waals surface area contributed by atoms with Gasteiger partial charge in [0.2, 0.25) is 5.91 Å². The van der Waals surface area contributed by atoms with Crippen molar-refractivity contribution in [2.45, 2.75) is 72.0 Å². The van der Waals surface area contributed by atoms with E-state index in [1.165, 1.54) is 0 Å². The summed E-state index contributed by atoms with van der Waals surface area (Å²) in [7, 11) is 0. The van der Waals surface area contributed by atoms with E-state index in [0.717, 1.165) is 0 Å². The summed E-state index contributed by atoms with van der Waals surface area (Å²) in [5, 5.41) is 4.78. The van der Waals surface area contributed by atoms with E-state index in [1.807, 2.05) is 67.5 Å². The highest BCUT2D eigenvalue weighted by molar-refractivity contribution is 5.85. The third kappa shape index (κ3) is 6.91. The van der Waals surface area contributed by atoms with Crippen LogP contribution in [0.25, 0.3) is 0 Å². The van der Waals surface area contributed by atoms with Crippen LogP contribution < -0.4 is 5.32 Å². The van der Waals surface area contributed by atoms with Crippen LogP contribution in [0, 0.1) is 0 Å². The van der Waals surface area contributed by atoms with Crippen molar-refractivity contribution in [1.29, 1.82) is 0 Å². The second kappa shape index (κ2) is 7.23. The number of nitrogens with zero attached hydrogens (tertiary/aromatic N) is 1. The van der Waals surface area contributed by atoms with E-state index in [2.05, 4.69) is 11.9 Å². The fraction of sp³-hybridized carbons (Fsp3) is 0.706. The molecule has 1 N–H and O–H groups in total. The molecular formula is C17H32N2O2. The number of hydroxylamine groups is 2. The zero-order chi connectivity index (χ0) is 16.9. The van der Waals surface area contributed by atoms with Crippen molar-refractivity contribution in [2.24, 2.45) is 0 Å². The molecular weight excluding hydrogens is 264 g/mol. The van der Waals surface area contributed by atoms with E-state index in [1.54, 1.807) is 11.1 Å². The summed E-state index contributed by atoms with van der Waals surface area (Å²) < 4.78 is 0. The molecule has 0 aromatic carbocycles. The highest BCUT2D eigenvalue weighted by Crippen LogP contribution is 2.26. The minimum Gasteiger partial charge on any atom is -0.350 e. The van der Waals surface area contributed by atoms with Crippen LogP contribution in [0.15, 0.2) is 24.8 Å². The third-order valence-corrected chi connectivity index (χ3v) is 2.73. The molecule has 0 aromatic rings. The summed E-state index contributed by atoms with van der Waals surface area (Å²) in [6.07, 6.45) is 5.38. The maximum Gasteiger partial charge on any atom is 0.242 e. The lowest BCUT2D eigenvalue weighted by atomic mass is 9.95. The summed E-state index contributed by atoms with van der Waals surface area (Å²) >= 11 is 0. The Morgan fingerprint density at radius 1 is 1.14 bits per heavy atom. The Bertz CT molecular complexity index is 385. The number of amides is 1. The molecule has 0 unspecified atom stereocenters. The van der Waals surface area contributed by atoms with Crippen molar-refractivity contribution < 1.29 is 9.63 Å². The van der Waals surface area contributed by atoms with Gasteiger partial charge in [0, 0.05) is 11.1 Å². The number of allylic oxidation sites excluding steroid dienone is 2. The van der Waals surface area contributed by atoms with Gasteiger partial charge < -0.3 is 5.32 Å². The molecule has 4 nitrogen and oxygen atoms in total. The molecule has 0 saturated carbocycles. The van der Waals surface area contributed by atoms with Gasteiger partial charge in [-0.25, -0.2) is 0 Å². The molecule has 0 aliphatic rings. The van der Waals surface area contributed by atoms with Gasteiger partial charge in [0.15, 0.2) is 0 Å². The first-order valence-electron chi connectivity index (χ1n) is 7.36. The van der Waals surface area contributed by atoms with Crippen molar-refractivity contribution in [2.75, 3.05) is 6.61 Å². The van der Waals surface area contributed by atoms with Crippen LogP contribution in [0.1, 0.15) is 55.4 Å². The average Bonchev–Trinajstić information content (AvgIpc) is 2.24. The first kappa shape index (κ1) is 19.9. The van der Waals surface area contributed by atoms with Crippen LogP contribution in [-0.4, -0.2) is 34.2 Å². The minimum atomic E-state index is -0.784. The van der Waals surface area contributed by atoms with E-state index < -0.39 is 5.54 Å². The van der Waals surface area contributed by atoms with E-state index in [4.69, 9.17) is 4.84 Å². The lowest BCUT2D eigenvalue weighted by Crippen LogP contribution is -2.63. The van der Waals surface area contributed by atoms with Crippen molar-refractivity contribution in [3.8, 4) is 0 Å². The van der Waals surface area contributed by atoms with Crippen molar-refractivity contribution >= 4 is 5.91 Å². The number of hydrogen-bond acceptors (Lipinski definition) is 3. The summed E-state index contributed by atoms with van der Waals surface area (Å²) in [4.78, 5) is 18.4. The Morgan fingerprint density at radius 3 is 2.05 bits per heavy atom. The average molecular weight is 296 g/mol. The molecule has 0 heterocycles. The summed E-state index contributed by atoms with van der Waals surface area (Å²) in [5.41, 5.74) is -1.37. The smallest absolute Gasteiger partial charge is 0.242 e. The summed E-state index contributed by atoms with van der Waals surface area (Å²) in [5.74, 6) is -0.0578. The minimum absolute atomic E-state index is 0.0578. The SMILES string of the molecule is C=CC=CCON(C(C)(C)C)C(C)(C)C(=O)NC(C)(C)C. The third-order valence-electron chi connectivity index (χ3n) is 2.73. The largest absolute Gasteiger partial charge is 0.350 e. The monoisotopic (exact) mass is 296 g/mol. The normalized spacial score (nSPS) is 13.8. The van der Waals surface area contributed by atoms with Crippen molar-refractivity contribution in [3.63, 3.8) is 0 Å². The number of nitrogens with one attached hydrogen (secondary N) is 1. The zero-order valence-electron chi connectivity index (χ0n) is 14.9. The van der Waals surface area contributed by atoms with Gasteiger partial charge in [-0.05, 0) is 55.4 Å².